The quantitative estimate of drug-likeness (QED) is 0.595. The van der Waals surface area contributed by atoms with E-state index in [-0.39, 0.29) is 0 Å². The maximum absolute atomic E-state index is 4.28. The smallest absolute Gasteiger partial charge is 0.285 e. The summed E-state index contributed by atoms with van der Waals surface area (Å²) in [5.41, 5.74) is 1.17. The largest absolute Gasteiger partial charge is 0.351 e. The molecule has 15 heavy (non-hydrogen) atoms. The lowest BCUT2D eigenvalue weighted by atomic mass is 9.94. The molecule has 0 saturated heterocycles. The van der Waals surface area contributed by atoms with E-state index in [1.807, 2.05) is 4.59 Å². The zero-order valence-corrected chi connectivity index (χ0v) is 11.9. The van der Waals surface area contributed by atoms with Gasteiger partial charge in [0.15, 0.2) is 0 Å². The lowest BCUT2D eigenvalue weighted by Gasteiger charge is -2.11. The number of hydrogen-bond acceptors (Lipinski definition) is 2. The summed E-state index contributed by atoms with van der Waals surface area (Å²) >= 11 is 2.35. The standard InChI is InChI=1S/C10H19BIN3/c1-4-6-9(7-5-2)10-8-15(11(3)12)14-13-10/h8-9H,4-7H2,1-3H3. The minimum Gasteiger partial charge on any atom is -0.285 e. The van der Waals surface area contributed by atoms with E-state index >= 15 is 0 Å². The van der Waals surface area contributed by atoms with Gasteiger partial charge in [-0.05, 0) is 12.8 Å². The fraction of sp³-hybridized carbons (Fsp3) is 0.800. The van der Waals surface area contributed by atoms with Gasteiger partial charge >= 0.3 is 4.70 Å². The molecular formula is C10H19BIN3. The van der Waals surface area contributed by atoms with Gasteiger partial charge in [-0.2, -0.15) is 0 Å². The molecule has 0 unspecified atom stereocenters. The summed E-state index contributed by atoms with van der Waals surface area (Å²) in [6.45, 7) is 6.58. The number of rotatable bonds is 6. The van der Waals surface area contributed by atoms with E-state index in [2.05, 4.69) is 59.6 Å². The Morgan fingerprint density at radius 2 is 2.00 bits per heavy atom. The summed E-state index contributed by atoms with van der Waals surface area (Å²) in [6.07, 6.45) is 6.99. The predicted molar refractivity (Wildman–Crippen MR) is 73.6 cm³/mol. The molecule has 1 aromatic rings. The monoisotopic (exact) mass is 319 g/mol. The fourth-order valence-electron chi connectivity index (χ4n) is 1.79. The Balaban J connectivity index is 2.72. The highest BCUT2D eigenvalue weighted by molar-refractivity contribution is 14.1. The Hall–Kier alpha value is -0.0651. The van der Waals surface area contributed by atoms with Crippen molar-refractivity contribution in [2.45, 2.75) is 52.3 Å². The van der Waals surface area contributed by atoms with Crippen molar-refractivity contribution in [3.05, 3.63) is 11.9 Å². The second-order valence-electron chi connectivity index (χ2n) is 3.97. The van der Waals surface area contributed by atoms with Crippen LogP contribution in [-0.2, 0) is 0 Å². The Labute approximate surface area is 106 Å². The molecule has 0 atom stereocenters. The van der Waals surface area contributed by atoms with E-state index in [1.165, 1.54) is 31.4 Å². The molecule has 0 aliphatic carbocycles. The molecule has 0 N–H and O–H groups in total. The van der Waals surface area contributed by atoms with Gasteiger partial charge in [-0.15, -0.1) is 27.5 Å². The first-order valence-corrected chi connectivity index (χ1v) is 6.99. The van der Waals surface area contributed by atoms with E-state index in [4.69, 9.17) is 0 Å². The molecule has 0 aliphatic rings. The van der Waals surface area contributed by atoms with Crippen LogP contribution < -0.4 is 0 Å². The highest BCUT2D eigenvalue weighted by Crippen LogP contribution is 2.24. The van der Waals surface area contributed by atoms with Crippen LogP contribution >= 0.6 is 22.4 Å². The van der Waals surface area contributed by atoms with Gasteiger partial charge < -0.3 is 0 Å². The number of aromatic nitrogens is 3. The minimum absolute atomic E-state index is 0.382. The molecule has 1 heterocycles. The van der Waals surface area contributed by atoms with E-state index < -0.39 is 0 Å². The topological polar surface area (TPSA) is 30.7 Å². The third-order valence-corrected chi connectivity index (χ3v) is 3.16. The zero-order chi connectivity index (χ0) is 11.3. The van der Waals surface area contributed by atoms with Crippen molar-refractivity contribution >= 4 is 27.1 Å². The van der Waals surface area contributed by atoms with E-state index in [0.717, 1.165) is 0 Å². The third kappa shape index (κ3) is 3.77. The van der Waals surface area contributed by atoms with Crippen LogP contribution in [0.15, 0.2) is 6.20 Å². The maximum atomic E-state index is 4.28. The lowest BCUT2D eigenvalue weighted by Crippen LogP contribution is -2.12. The van der Waals surface area contributed by atoms with Crippen molar-refractivity contribution in [1.29, 1.82) is 0 Å². The first-order chi connectivity index (χ1) is 7.19. The second-order valence-corrected chi connectivity index (χ2v) is 5.77. The van der Waals surface area contributed by atoms with Crippen molar-refractivity contribution in [2.75, 3.05) is 0 Å². The van der Waals surface area contributed by atoms with E-state index in [1.54, 1.807) is 0 Å². The highest BCUT2D eigenvalue weighted by atomic mass is 127. The Kier molecular flexibility index (Phi) is 5.64. The van der Waals surface area contributed by atoms with Crippen molar-refractivity contribution in [2.24, 2.45) is 0 Å². The molecule has 1 rings (SSSR count). The van der Waals surface area contributed by atoms with Crippen LogP contribution in [0.4, 0.5) is 0 Å². The van der Waals surface area contributed by atoms with Gasteiger partial charge in [-0.1, -0.05) is 38.7 Å². The van der Waals surface area contributed by atoms with Gasteiger partial charge in [-0.3, -0.25) is 4.59 Å². The molecule has 1 aromatic heterocycles. The molecule has 0 amide bonds. The highest BCUT2D eigenvalue weighted by Gasteiger charge is 2.15. The average molecular weight is 319 g/mol. The molecule has 0 saturated carbocycles. The molecule has 84 valence electrons. The van der Waals surface area contributed by atoms with Gasteiger partial charge in [0.05, 0.1) is 5.69 Å². The van der Waals surface area contributed by atoms with Crippen molar-refractivity contribution < 1.29 is 0 Å². The predicted octanol–water partition coefficient (Wildman–Crippen LogP) is 3.36. The van der Waals surface area contributed by atoms with Crippen molar-refractivity contribution in [1.82, 2.24) is 14.9 Å². The Morgan fingerprint density at radius 3 is 2.40 bits per heavy atom. The fourth-order valence-corrected chi connectivity index (χ4v) is 2.06. The van der Waals surface area contributed by atoms with E-state index in [0.29, 0.717) is 10.6 Å². The third-order valence-electron chi connectivity index (χ3n) is 2.59. The molecule has 0 bridgehead atoms. The van der Waals surface area contributed by atoms with E-state index in [9.17, 15) is 0 Å². The van der Waals surface area contributed by atoms with Crippen LogP contribution in [0.3, 0.4) is 0 Å². The number of halogens is 1. The SMILES string of the molecule is CCCC(CCC)c1cn(B(C)I)nn1. The normalized spacial score (nSPS) is 11.0. The first kappa shape index (κ1) is 13.0. The van der Waals surface area contributed by atoms with Crippen molar-refractivity contribution in [3.8, 4) is 0 Å². The number of hydrogen-bond donors (Lipinski definition) is 0. The van der Waals surface area contributed by atoms with Crippen LogP contribution in [0.1, 0.15) is 51.1 Å². The van der Waals surface area contributed by atoms with Crippen LogP contribution in [0, 0.1) is 0 Å². The molecule has 0 radical (unpaired) electrons. The molecular weight excluding hydrogens is 300 g/mol. The van der Waals surface area contributed by atoms with Gasteiger partial charge in [0.25, 0.3) is 0 Å². The Bertz CT molecular complexity index is 282. The lowest BCUT2D eigenvalue weighted by molar-refractivity contribution is 0.547. The summed E-state index contributed by atoms with van der Waals surface area (Å²) in [4.78, 5) is 0. The molecule has 0 aromatic carbocycles. The summed E-state index contributed by atoms with van der Waals surface area (Å²) in [6, 6.07) is 0. The van der Waals surface area contributed by atoms with Gasteiger partial charge in [-0.25, -0.2) is 0 Å². The van der Waals surface area contributed by atoms with Crippen LogP contribution in [0.5, 0.6) is 0 Å². The van der Waals surface area contributed by atoms with Gasteiger partial charge in [0, 0.05) is 12.1 Å². The summed E-state index contributed by atoms with van der Waals surface area (Å²) in [7, 11) is 0. The summed E-state index contributed by atoms with van der Waals surface area (Å²) < 4.78 is 2.32. The second kappa shape index (κ2) is 6.50. The first-order valence-electron chi connectivity index (χ1n) is 5.74. The number of nitrogens with zero attached hydrogens (tertiary/aromatic N) is 3. The molecule has 0 fully saturated rings. The molecule has 0 spiro atoms. The zero-order valence-electron chi connectivity index (χ0n) is 9.78. The summed E-state index contributed by atoms with van der Waals surface area (Å²) in [5.74, 6) is 0.601. The van der Waals surface area contributed by atoms with Crippen LogP contribution in [0.25, 0.3) is 0 Å². The molecule has 0 aliphatic heterocycles. The molecule has 5 heteroatoms. The minimum atomic E-state index is 0.382. The average Bonchev–Trinajstić information content (AvgIpc) is 2.66. The molecule has 3 nitrogen and oxygen atoms in total. The van der Waals surface area contributed by atoms with Crippen molar-refractivity contribution in [3.63, 3.8) is 0 Å². The Morgan fingerprint density at radius 1 is 1.40 bits per heavy atom. The van der Waals surface area contributed by atoms with Gasteiger partial charge in [0.1, 0.15) is 0 Å². The van der Waals surface area contributed by atoms with Crippen LogP contribution in [-0.4, -0.2) is 19.6 Å². The van der Waals surface area contributed by atoms with Gasteiger partial charge in [0.2, 0.25) is 0 Å². The van der Waals surface area contributed by atoms with Crippen LogP contribution in [0.2, 0.25) is 6.82 Å². The summed E-state index contributed by atoms with van der Waals surface area (Å²) in [5, 5.41) is 8.44. The maximum Gasteiger partial charge on any atom is 0.351 e.